The predicted octanol–water partition coefficient (Wildman–Crippen LogP) is 1.71. The number of nitrogens with zero attached hydrogens (tertiary/aromatic N) is 2. The molecule has 0 aromatic carbocycles. The molecule has 1 aliphatic rings. The van der Waals surface area contributed by atoms with Crippen molar-refractivity contribution in [3.63, 3.8) is 0 Å². The topological polar surface area (TPSA) is 62.4 Å². The maximum absolute atomic E-state index is 10.2. The lowest BCUT2D eigenvalue weighted by Gasteiger charge is -2.34. The molecular weight excluding hydrogens is 238 g/mol. The minimum atomic E-state index is -0.532. The summed E-state index contributed by atoms with van der Waals surface area (Å²) in [6.45, 7) is 5.87. The maximum Gasteiger partial charge on any atom is 0.0632 e. The smallest absolute Gasteiger partial charge is 0.0632 e. The lowest BCUT2D eigenvalue weighted by molar-refractivity contribution is 0.0424. The molecule has 3 unspecified atom stereocenters. The molecule has 19 heavy (non-hydrogen) atoms. The summed E-state index contributed by atoms with van der Waals surface area (Å²) in [5, 5.41) is 10.2. The third-order valence-electron chi connectivity index (χ3n) is 4.04. The summed E-state index contributed by atoms with van der Waals surface area (Å²) in [5.74, 6) is 0. The van der Waals surface area contributed by atoms with Crippen molar-refractivity contribution in [3.05, 3.63) is 30.1 Å². The molecule has 4 nitrogen and oxygen atoms in total. The normalized spacial score (nSPS) is 28.6. The summed E-state index contributed by atoms with van der Waals surface area (Å²) < 4.78 is 0. The van der Waals surface area contributed by atoms with Crippen LogP contribution in [0.1, 0.15) is 44.7 Å². The highest BCUT2D eigenvalue weighted by molar-refractivity contribution is 5.17. The number of hydrogen-bond acceptors (Lipinski definition) is 4. The van der Waals surface area contributed by atoms with Gasteiger partial charge in [0.15, 0.2) is 0 Å². The molecule has 1 aliphatic heterocycles. The Balaban J connectivity index is 2.16. The van der Waals surface area contributed by atoms with Crippen molar-refractivity contribution in [3.8, 4) is 0 Å². The number of pyridine rings is 1. The van der Waals surface area contributed by atoms with Crippen LogP contribution in [-0.2, 0) is 0 Å². The van der Waals surface area contributed by atoms with Gasteiger partial charge < -0.3 is 10.8 Å². The Hall–Kier alpha value is -0.970. The fourth-order valence-electron chi connectivity index (χ4n) is 2.97. The molecule has 106 valence electrons. The summed E-state index contributed by atoms with van der Waals surface area (Å²) in [7, 11) is 0. The first kappa shape index (κ1) is 14.4. The van der Waals surface area contributed by atoms with Gasteiger partial charge in [0.2, 0.25) is 0 Å². The van der Waals surface area contributed by atoms with Gasteiger partial charge in [0.05, 0.1) is 5.60 Å². The molecule has 3 N–H and O–H groups in total. The molecule has 1 aromatic rings. The van der Waals surface area contributed by atoms with Gasteiger partial charge in [0.1, 0.15) is 0 Å². The van der Waals surface area contributed by atoms with Crippen LogP contribution < -0.4 is 5.73 Å². The fraction of sp³-hybridized carbons (Fsp3) is 0.667. The first-order valence-corrected chi connectivity index (χ1v) is 7.11. The van der Waals surface area contributed by atoms with Gasteiger partial charge in [-0.2, -0.15) is 0 Å². The van der Waals surface area contributed by atoms with E-state index >= 15 is 0 Å². The van der Waals surface area contributed by atoms with Crippen LogP contribution in [0.3, 0.4) is 0 Å². The number of likely N-dealkylation sites (tertiary alicyclic amines) is 1. The van der Waals surface area contributed by atoms with Gasteiger partial charge in [-0.1, -0.05) is 0 Å². The molecule has 0 bridgehead atoms. The first-order valence-electron chi connectivity index (χ1n) is 7.11. The van der Waals surface area contributed by atoms with Crippen molar-refractivity contribution in [2.24, 2.45) is 5.73 Å². The Morgan fingerprint density at radius 1 is 1.32 bits per heavy atom. The van der Waals surface area contributed by atoms with Crippen LogP contribution >= 0.6 is 0 Å². The average molecular weight is 263 g/mol. The monoisotopic (exact) mass is 263 g/mol. The standard InChI is InChI=1S/C15H25N3O/c1-12(16)14(13-4-8-17-9-5-13)18-10-3-6-15(2,19)7-11-18/h4-5,8-9,12,14,19H,3,6-7,10-11,16H2,1-2H3. The molecular formula is C15H25N3O. The molecule has 0 amide bonds. The van der Waals surface area contributed by atoms with Crippen LogP contribution in [0.2, 0.25) is 0 Å². The van der Waals surface area contributed by atoms with E-state index in [1.54, 1.807) is 0 Å². The van der Waals surface area contributed by atoms with Gasteiger partial charge in [-0.25, -0.2) is 0 Å². The summed E-state index contributed by atoms with van der Waals surface area (Å²) in [4.78, 5) is 6.48. The number of aliphatic hydroxyl groups is 1. The second-order valence-electron chi connectivity index (χ2n) is 5.97. The Morgan fingerprint density at radius 3 is 2.63 bits per heavy atom. The second kappa shape index (κ2) is 5.99. The molecule has 0 saturated carbocycles. The molecule has 0 spiro atoms. The molecule has 1 saturated heterocycles. The van der Waals surface area contributed by atoms with Gasteiger partial charge in [-0.3, -0.25) is 9.88 Å². The lowest BCUT2D eigenvalue weighted by Crippen LogP contribution is -2.40. The second-order valence-corrected chi connectivity index (χ2v) is 5.97. The van der Waals surface area contributed by atoms with E-state index in [4.69, 9.17) is 5.73 Å². The lowest BCUT2D eigenvalue weighted by atomic mass is 9.97. The quantitative estimate of drug-likeness (QED) is 0.871. The van der Waals surface area contributed by atoms with E-state index in [9.17, 15) is 5.11 Å². The van der Waals surface area contributed by atoms with E-state index in [-0.39, 0.29) is 12.1 Å². The van der Waals surface area contributed by atoms with Crippen molar-refractivity contribution in [1.29, 1.82) is 0 Å². The number of nitrogens with two attached hydrogens (primary N) is 1. The largest absolute Gasteiger partial charge is 0.390 e. The van der Waals surface area contributed by atoms with Crippen LogP contribution in [-0.4, -0.2) is 39.7 Å². The summed E-state index contributed by atoms with van der Waals surface area (Å²) in [5.41, 5.74) is 6.88. The van der Waals surface area contributed by atoms with Gasteiger partial charge in [0.25, 0.3) is 0 Å². The van der Waals surface area contributed by atoms with E-state index in [1.807, 2.05) is 38.4 Å². The zero-order chi connectivity index (χ0) is 13.9. The van der Waals surface area contributed by atoms with Gasteiger partial charge in [0, 0.05) is 31.0 Å². The molecule has 1 aromatic heterocycles. The minimum absolute atomic E-state index is 0.0606. The van der Waals surface area contributed by atoms with Crippen molar-refractivity contribution in [2.75, 3.05) is 13.1 Å². The van der Waals surface area contributed by atoms with Gasteiger partial charge in [-0.05, 0) is 57.4 Å². The third kappa shape index (κ3) is 3.75. The number of rotatable bonds is 3. The van der Waals surface area contributed by atoms with E-state index in [1.165, 1.54) is 5.56 Å². The van der Waals surface area contributed by atoms with Gasteiger partial charge >= 0.3 is 0 Å². The zero-order valence-electron chi connectivity index (χ0n) is 11.9. The molecule has 2 rings (SSSR count). The summed E-state index contributed by atoms with van der Waals surface area (Å²) in [6.07, 6.45) is 6.32. The molecule has 0 aliphatic carbocycles. The number of hydrogen-bond donors (Lipinski definition) is 2. The van der Waals surface area contributed by atoms with E-state index in [0.717, 1.165) is 32.4 Å². The van der Waals surface area contributed by atoms with Crippen molar-refractivity contribution in [1.82, 2.24) is 9.88 Å². The van der Waals surface area contributed by atoms with E-state index in [2.05, 4.69) is 9.88 Å². The first-order chi connectivity index (χ1) is 8.99. The van der Waals surface area contributed by atoms with Crippen LogP contribution in [0.25, 0.3) is 0 Å². The highest BCUT2D eigenvalue weighted by atomic mass is 16.3. The van der Waals surface area contributed by atoms with Crippen LogP contribution in [0, 0.1) is 0 Å². The molecule has 4 heteroatoms. The molecule has 1 fully saturated rings. The van der Waals surface area contributed by atoms with E-state index in [0.29, 0.717) is 0 Å². The Labute approximate surface area is 115 Å². The fourth-order valence-corrected chi connectivity index (χ4v) is 2.97. The number of aromatic nitrogens is 1. The third-order valence-corrected chi connectivity index (χ3v) is 4.04. The minimum Gasteiger partial charge on any atom is -0.390 e. The predicted molar refractivity (Wildman–Crippen MR) is 76.7 cm³/mol. The van der Waals surface area contributed by atoms with Gasteiger partial charge in [-0.15, -0.1) is 0 Å². The van der Waals surface area contributed by atoms with Crippen LogP contribution in [0.4, 0.5) is 0 Å². The van der Waals surface area contributed by atoms with Crippen molar-refractivity contribution in [2.45, 2.75) is 50.8 Å². The van der Waals surface area contributed by atoms with Crippen molar-refractivity contribution >= 4 is 0 Å². The summed E-state index contributed by atoms with van der Waals surface area (Å²) >= 11 is 0. The molecule has 0 radical (unpaired) electrons. The Kier molecular flexibility index (Phi) is 4.55. The molecule has 2 heterocycles. The summed E-state index contributed by atoms with van der Waals surface area (Å²) in [6, 6.07) is 4.34. The van der Waals surface area contributed by atoms with E-state index < -0.39 is 5.60 Å². The zero-order valence-corrected chi connectivity index (χ0v) is 11.9. The highest BCUT2D eigenvalue weighted by Crippen LogP contribution is 2.29. The van der Waals surface area contributed by atoms with Crippen LogP contribution in [0.5, 0.6) is 0 Å². The Bertz CT molecular complexity index is 392. The SMILES string of the molecule is CC(N)C(c1ccncc1)N1CCCC(C)(O)CC1. The van der Waals surface area contributed by atoms with Crippen molar-refractivity contribution < 1.29 is 5.11 Å². The molecule has 3 atom stereocenters. The average Bonchev–Trinajstić information content (AvgIpc) is 2.52. The highest BCUT2D eigenvalue weighted by Gasteiger charge is 2.30. The Morgan fingerprint density at radius 2 is 2.00 bits per heavy atom. The van der Waals surface area contributed by atoms with Crippen LogP contribution in [0.15, 0.2) is 24.5 Å². The maximum atomic E-state index is 10.2.